The molecule has 1 aliphatic heterocycles. The van der Waals surface area contributed by atoms with Crippen LogP contribution in [0.25, 0.3) is 28.1 Å². The summed E-state index contributed by atoms with van der Waals surface area (Å²) < 4.78 is 5.95. The van der Waals surface area contributed by atoms with Crippen LogP contribution in [0.3, 0.4) is 0 Å². The number of ether oxygens (including phenoxy) is 1. The van der Waals surface area contributed by atoms with Crippen LogP contribution in [-0.4, -0.2) is 22.3 Å². The molecule has 0 spiro atoms. The lowest BCUT2D eigenvalue weighted by atomic mass is 9.99. The summed E-state index contributed by atoms with van der Waals surface area (Å²) in [5.74, 6) is 0.488. The molecule has 0 radical (unpaired) electrons. The molecule has 3 aromatic rings. The Morgan fingerprint density at radius 2 is 1.96 bits per heavy atom. The predicted molar refractivity (Wildman–Crippen MR) is 113 cm³/mol. The van der Waals surface area contributed by atoms with Gasteiger partial charge in [-0.2, -0.15) is 0 Å². The standard InChI is InChI=1S/C20H14N2O3S2/c1-25-17-5-2-11(9-18-19(24)22-20(26)27-18)8-13(17)12-3-4-15-14(10-12)16(23)6-7-21-15/h2-10H,1H3,(H,21,23)(H,22,24,26)/b18-9-. The Balaban J connectivity index is 1.84. The normalized spacial score (nSPS) is 15.4. The number of rotatable bonds is 3. The van der Waals surface area contributed by atoms with E-state index in [1.54, 1.807) is 19.4 Å². The molecule has 1 amide bonds. The van der Waals surface area contributed by atoms with E-state index in [0.717, 1.165) is 22.2 Å². The minimum Gasteiger partial charge on any atom is -0.496 e. The van der Waals surface area contributed by atoms with E-state index in [9.17, 15) is 9.59 Å². The highest BCUT2D eigenvalue weighted by Gasteiger charge is 2.22. The molecule has 4 rings (SSSR count). The number of aromatic nitrogens is 1. The van der Waals surface area contributed by atoms with Crippen molar-refractivity contribution in [2.75, 3.05) is 7.11 Å². The van der Waals surface area contributed by atoms with Gasteiger partial charge in [0.1, 0.15) is 10.1 Å². The Labute approximate surface area is 164 Å². The van der Waals surface area contributed by atoms with Crippen LogP contribution < -0.4 is 15.5 Å². The van der Waals surface area contributed by atoms with Gasteiger partial charge in [-0.15, -0.1) is 0 Å². The first-order chi connectivity index (χ1) is 13.0. The van der Waals surface area contributed by atoms with E-state index in [2.05, 4.69) is 10.3 Å². The Morgan fingerprint density at radius 3 is 2.70 bits per heavy atom. The van der Waals surface area contributed by atoms with Crippen LogP contribution in [-0.2, 0) is 4.79 Å². The zero-order chi connectivity index (χ0) is 19.0. The molecule has 2 heterocycles. The van der Waals surface area contributed by atoms with Crippen LogP contribution in [0.2, 0.25) is 0 Å². The minimum absolute atomic E-state index is 0.0459. The van der Waals surface area contributed by atoms with Crippen molar-refractivity contribution < 1.29 is 9.53 Å². The van der Waals surface area contributed by atoms with Gasteiger partial charge >= 0.3 is 0 Å². The number of aromatic amines is 1. The second-order valence-corrected chi connectivity index (χ2v) is 7.63. The number of benzene rings is 2. The van der Waals surface area contributed by atoms with E-state index >= 15 is 0 Å². The van der Waals surface area contributed by atoms with Gasteiger partial charge in [-0.1, -0.05) is 36.1 Å². The minimum atomic E-state index is -0.195. The van der Waals surface area contributed by atoms with Crippen molar-refractivity contribution in [2.24, 2.45) is 0 Å². The quantitative estimate of drug-likeness (QED) is 0.524. The molecular formula is C20H14N2O3S2. The van der Waals surface area contributed by atoms with Crippen molar-refractivity contribution in [2.45, 2.75) is 0 Å². The highest BCUT2D eigenvalue weighted by molar-refractivity contribution is 8.26. The van der Waals surface area contributed by atoms with Gasteiger partial charge in [0.25, 0.3) is 5.91 Å². The number of thioether (sulfide) groups is 1. The lowest BCUT2D eigenvalue weighted by Crippen LogP contribution is -2.17. The first-order valence-electron chi connectivity index (χ1n) is 8.10. The molecule has 0 bridgehead atoms. The number of nitrogens with one attached hydrogen (secondary N) is 2. The van der Waals surface area contributed by atoms with Crippen molar-refractivity contribution >= 4 is 51.2 Å². The molecule has 1 aliphatic rings. The topological polar surface area (TPSA) is 71.2 Å². The summed E-state index contributed by atoms with van der Waals surface area (Å²) in [7, 11) is 1.60. The fourth-order valence-electron chi connectivity index (χ4n) is 2.95. The second-order valence-electron chi connectivity index (χ2n) is 5.91. The number of thiocarbonyl (C=S) groups is 1. The monoisotopic (exact) mass is 394 g/mol. The number of pyridine rings is 1. The molecule has 1 aromatic heterocycles. The molecule has 134 valence electrons. The Bertz CT molecular complexity index is 1180. The zero-order valence-electron chi connectivity index (χ0n) is 14.2. The Morgan fingerprint density at radius 1 is 1.11 bits per heavy atom. The number of fused-ring (bicyclic) bond motifs is 1. The summed E-state index contributed by atoms with van der Waals surface area (Å²) in [6.45, 7) is 0. The average Bonchev–Trinajstić information content (AvgIpc) is 2.98. The summed E-state index contributed by atoms with van der Waals surface area (Å²) in [6.07, 6.45) is 3.42. The summed E-state index contributed by atoms with van der Waals surface area (Å²) in [6, 6.07) is 12.8. The smallest absolute Gasteiger partial charge is 0.263 e. The molecule has 1 saturated heterocycles. The maximum Gasteiger partial charge on any atom is 0.263 e. The fraction of sp³-hybridized carbons (Fsp3) is 0.0500. The number of carbonyl (C=O) groups is 1. The van der Waals surface area contributed by atoms with Crippen LogP contribution in [0.4, 0.5) is 0 Å². The van der Waals surface area contributed by atoms with Gasteiger partial charge in [0.15, 0.2) is 5.43 Å². The molecule has 5 nitrogen and oxygen atoms in total. The predicted octanol–water partition coefficient (Wildman–Crippen LogP) is 3.69. The molecule has 0 aliphatic carbocycles. The number of hydrogen-bond donors (Lipinski definition) is 2. The SMILES string of the molecule is COc1ccc(/C=C2\SC(=S)NC2=O)cc1-c1ccc2[nH]ccc(=O)c2c1. The van der Waals surface area contributed by atoms with Crippen LogP contribution in [0, 0.1) is 0 Å². The molecule has 7 heteroatoms. The number of carbonyl (C=O) groups excluding carboxylic acids is 1. The van der Waals surface area contributed by atoms with Gasteiger partial charge in [-0.3, -0.25) is 9.59 Å². The third-order valence-corrected chi connectivity index (χ3v) is 5.40. The third kappa shape index (κ3) is 3.39. The number of hydrogen-bond acceptors (Lipinski definition) is 5. The molecule has 2 N–H and O–H groups in total. The van der Waals surface area contributed by atoms with Gasteiger partial charge in [-0.25, -0.2) is 0 Å². The maximum absolute atomic E-state index is 12.2. The Kier molecular flexibility index (Phi) is 4.55. The van der Waals surface area contributed by atoms with E-state index in [-0.39, 0.29) is 11.3 Å². The van der Waals surface area contributed by atoms with Gasteiger partial charge in [0, 0.05) is 28.7 Å². The molecule has 2 aromatic carbocycles. The van der Waals surface area contributed by atoms with Gasteiger partial charge in [0.2, 0.25) is 0 Å². The summed E-state index contributed by atoms with van der Waals surface area (Å²) in [4.78, 5) is 27.7. The number of amides is 1. The fourth-order valence-corrected chi connectivity index (χ4v) is 4.00. The molecule has 0 unspecified atom stereocenters. The summed E-state index contributed by atoms with van der Waals surface area (Å²) >= 11 is 6.27. The third-order valence-electron chi connectivity index (χ3n) is 4.23. The van der Waals surface area contributed by atoms with Gasteiger partial charge < -0.3 is 15.0 Å². The molecule has 27 heavy (non-hydrogen) atoms. The second kappa shape index (κ2) is 7.02. The average molecular weight is 394 g/mol. The van der Waals surface area contributed by atoms with Crippen LogP contribution >= 0.6 is 24.0 Å². The van der Waals surface area contributed by atoms with E-state index in [4.69, 9.17) is 17.0 Å². The molecule has 0 atom stereocenters. The van der Waals surface area contributed by atoms with E-state index in [1.165, 1.54) is 17.8 Å². The number of methoxy groups -OCH3 is 1. The van der Waals surface area contributed by atoms with Gasteiger partial charge in [-0.05, 0) is 41.5 Å². The maximum atomic E-state index is 12.2. The van der Waals surface area contributed by atoms with Crippen molar-refractivity contribution in [3.05, 3.63) is 69.4 Å². The first kappa shape index (κ1) is 17.5. The summed E-state index contributed by atoms with van der Waals surface area (Å²) in [5, 5.41) is 3.21. The van der Waals surface area contributed by atoms with Crippen LogP contribution in [0.15, 0.2) is 58.4 Å². The van der Waals surface area contributed by atoms with E-state index in [0.29, 0.717) is 20.4 Å². The lowest BCUT2D eigenvalue weighted by Gasteiger charge is -2.11. The van der Waals surface area contributed by atoms with Crippen molar-refractivity contribution in [3.63, 3.8) is 0 Å². The molecular weight excluding hydrogens is 380 g/mol. The number of H-pyrrole nitrogens is 1. The van der Waals surface area contributed by atoms with Crippen LogP contribution in [0.1, 0.15) is 5.56 Å². The van der Waals surface area contributed by atoms with Crippen molar-refractivity contribution in [1.29, 1.82) is 0 Å². The van der Waals surface area contributed by atoms with Crippen molar-refractivity contribution in [3.8, 4) is 16.9 Å². The molecule has 1 fully saturated rings. The Hall–Kier alpha value is -2.90. The first-order valence-corrected chi connectivity index (χ1v) is 9.32. The largest absolute Gasteiger partial charge is 0.496 e. The highest BCUT2D eigenvalue weighted by Crippen LogP contribution is 2.34. The summed E-state index contributed by atoms with van der Waals surface area (Å²) in [5.41, 5.74) is 3.26. The van der Waals surface area contributed by atoms with Gasteiger partial charge in [0.05, 0.1) is 12.0 Å². The highest BCUT2D eigenvalue weighted by atomic mass is 32.2. The van der Waals surface area contributed by atoms with E-state index in [1.807, 2.05) is 36.4 Å². The molecule has 0 saturated carbocycles. The lowest BCUT2D eigenvalue weighted by molar-refractivity contribution is -0.115. The van der Waals surface area contributed by atoms with Crippen molar-refractivity contribution in [1.82, 2.24) is 10.3 Å². The zero-order valence-corrected chi connectivity index (χ0v) is 15.9. The van der Waals surface area contributed by atoms with Crippen LogP contribution in [0.5, 0.6) is 5.75 Å². The van der Waals surface area contributed by atoms with E-state index < -0.39 is 0 Å².